The van der Waals surface area contributed by atoms with E-state index in [0.717, 1.165) is 50.7 Å². The second-order valence-corrected chi connectivity index (χ2v) is 6.98. The Kier molecular flexibility index (Phi) is 5.83. The molecule has 1 aliphatic heterocycles. The summed E-state index contributed by atoms with van der Waals surface area (Å²) in [5, 5.41) is 4.09. The van der Waals surface area contributed by atoms with Crippen molar-refractivity contribution in [1.82, 2.24) is 19.4 Å². The Bertz CT molecular complexity index is 611. The molecule has 3 rings (SSSR count). The van der Waals surface area contributed by atoms with Crippen LogP contribution in [0.4, 0.5) is 0 Å². The number of nitrogens with zero attached hydrogens (tertiary/aromatic N) is 4. The lowest BCUT2D eigenvalue weighted by Gasteiger charge is -2.34. The maximum Gasteiger partial charge on any atom is 0.138 e. The van der Waals surface area contributed by atoms with Crippen molar-refractivity contribution in [2.45, 2.75) is 20.0 Å². The molecule has 1 aromatic heterocycles. The molecule has 1 saturated heterocycles. The first kappa shape index (κ1) is 16.6. The van der Waals surface area contributed by atoms with Crippen molar-refractivity contribution in [3.63, 3.8) is 0 Å². The summed E-state index contributed by atoms with van der Waals surface area (Å²) in [4.78, 5) is 4.87. The Balaban J connectivity index is 1.46. The fourth-order valence-electron chi connectivity index (χ4n) is 2.72. The van der Waals surface area contributed by atoms with Crippen LogP contribution in [0.5, 0.6) is 5.75 Å². The van der Waals surface area contributed by atoms with E-state index in [1.807, 2.05) is 19.1 Å². The Hall–Kier alpha value is -1.21. The molecule has 23 heavy (non-hydrogen) atoms. The van der Waals surface area contributed by atoms with Crippen molar-refractivity contribution < 1.29 is 4.74 Å². The van der Waals surface area contributed by atoms with Crippen molar-refractivity contribution in [2.75, 3.05) is 32.8 Å². The number of halogens is 1. The molecule has 124 valence electrons. The molecular weight excluding hydrogens is 332 g/mol. The summed E-state index contributed by atoms with van der Waals surface area (Å²) in [7, 11) is 0. The molecule has 0 radical (unpaired) electrons. The number of hydrogen-bond acceptors (Lipinski definition) is 6. The molecule has 0 saturated carbocycles. The van der Waals surface area contributed by atoms with Gasteiger partial charge < -0.3 is 4.74 Å². The van der Waals surface area contributed by atoms with Gasteiger partial charge in [0.25, 0.3) is 0 Å². The third kappa shape index (κ3) is 4.64. The van der Waals surface area contributed by atoms with Crippen LogP contribution in [-0.4, -0.2) is 52.2 Å². The van der Waals surface area contributed by atoms with Crippen LogP contribution in [-0.2, 0) is 13.1 Å². The summed E-state index contributed by atoms with van der Waals surface area (Å²) < 4.78 is 10.1. The van der Waals surface area contributed by atoms with Crippen LogP contribution < -0.4 is 4.74 Å². The van der Waals surface area contributed by atoms with Gasteiger partial charge in [0.1, 0.15) is 15.8 Å². The highest BCUT2D eigenvalue weighted by molar-refractivity contribution is 7.10. The standard InChI is InChI=1S/C16H21ClN4OS/c1-2-22-14-5-3-13(4-6-14)11-20-7-9-21(10-8-20)12-15-16(17)23-19-18-15/h3-6H,2,7-12H2,1H3. The van der Waals surface area contributed by atoms with Gasteiger partial charge in [0.05, 0.1) is 6.61 Å². The Morgan fingerprint density at radius 3 is 2.30 bits per heavy atom. The minimum atomic E-state index is 0.708. The summed E-state index contributed by atoms with van der Waals surface area (Å²) >= 11 is 7.33. The highest BCUT2D eigenvalue weighted by Crippen LogP contribution is 2.20. The third-order valence-electron chi connectivity index (χ3n) is 3.99. The van der Waals surface area contributed by atoms with E-state index < -0.39 is 0 Å². The summed E-state index contributed by atoms with van der Waals surface area (Å²) in [5.41, 5.74) is 2.23. The lowest BCUT2D eigenvalue weighted by molar-refractivity contribution is 0.121. The van der Waals surface area contributed by atoms with Gasteiger partial charge >= 0.3 is 0 Å². The van der Waals surface area contributed by atoms with Crippen LogP contribution in [0, 0.1) is 0 Å². The Labute approximate surface area is 146 Å². The molecule has 0 bridgehead atoms. The SMILES string of the molecule is CCOc1ccc(CN2CCN(Cc3nnsc3Cl)CC2)cc1. The van der Waals surface area contributed by atoms with Crippen LogP contribution in [0.15, 0.2) is 24.3 Å². The number of hydrogen-bond donors (Lipinski definition) is 0. The second-order valence-electron chi connectivity index (χ2n) is 5.62. The van der Waals surface area contributed by atoms with E-state index in [-0.39, 0.29) is 0 Å². The van der Waals surface area contributed by atoms with Gasteiger partial charge in [-0.05, 0) is 24.6 Å². The van der Waals surface area contributed by atoms with Crippen molar-refractivity contribution in [1.29, 1.82) is 0 Å². The minimum absolute atomic E-state index is 0.708. The summed E-state index contributed by atoms with van der Waals surface area (Å²) in [6.45, 7) is 8.67. The van der Waals surface area contributed by atoms with Gasteiger partial charge in [0, 0.05) is 50.8 Å². The molecule has 0 N–H and O–H groups in total. The Morgan fingerprint density at radius 2 is 1.74 bits per heavy atom. The first-order chi connectivity index (χ1) is 11.2. The molecule has 1 aliphatic rings. The second kappa shape index (κ2) is 8.06. The maximum atomic E-state index is 6.08. The van der Waals surface area contributed by atoms with E-state index in [1.165, 1.54) is 17.1 Å². The van der Waals surface area contributed by atoms with Crippen molar-refractivity contribution in [3.05, 3.63) is 39.9 Å². The highest BCUT2D eigenvalue weighted by atomic mass is 35.5. The average Bonchev–Trinajstić information content (AvgIpc) is 2.96. The number of ether oxygens (including phenoxy) is 1. The molecule has 0 aliphatic carbocycles. The van der Waals surface area contributed by atoms with Gasteiger partial charge in [-0.25, -0.2) is 0 Å². The summed E-state index contributed by atoms with van der Waals surface area (Å²) in [6.07, 6.45) is 0. The van der Waals surface area contributed by atoms with Crippen LogP contribution in [0.3, 0.4) is 0 Å². The molecule has 7 heteroatoms. The summed E-state index contributed by atoms with van der Waals surface area (Å²) in [6, 6.07) is 8.40. The highest BCUT2D eigenvalue weighted by Gasteiger charge is 2.19. The van der Waals surface area contributed by atoms with Gasteiger partial charge in [0.2, 0.25) is 0 Å². The number of piperazine rings is 1. The summed E-state index contributed by atoms with van der Waals surface area (Å²) in [5.74, 6) is 0.940. The fraction of sp³-hybridized carbons (Fsp3) is 0.500. The molecule has 0 spiro atoms. The quantitative estimate of drug-likeness (QED) is 0.799. The van der Waals surface area contributed by atoms with Crippen LogP contribution in [0.1, 0.15) is 18.2 Å². The maximum absolute atomic E-state index is 6.08. The third-order valence-corrected chi connectivity index (χ3v) is 4.97. The molecule has 1 aromatic carbocycles. The zero-order valence-corrected chi connectivity index (χ0v) is 14.8. The van der Waals surface area contributed by atoms with E-state index in [4.69, 9.17) is 16.3 Å². The smallest absolute Gasteiger partial charge is 0.138 e. The molecule has 2 heterocycles. The molecule has 0 unspecified atom stereocenters. The van der Waals surface area contributed by atoms with Crippen molar-refractivity contribution >= 4 is 23.1 Å². The lowest BCUT2D eigenvalue weighted by atomic mass is 10.2. The predicted octanol–water partition coefficient (Wildman–Crippen LogP) is 2.91. The zero-order valence-electron chi connectivity index (χ0n) is 13.2. The number of rotatable bonds is 6. The van der Waals surface area contributed by atoms with E-state index in [9.17, 15) is 0 Å². The minimum Gasteiger partial charge on any atom is -0.494 e. The van der Waals surface area contributed by atoms with Crippen LogP contribution in [0.2, 0.25) is 4.34 Å². The molecule has 0 atom stereocenters. The van der Waals surface area contributed by atoms with E-state index in [2.05, 4.69) is 31.5 Å². The lowest BCUT2D eigenvalue weighted by Crippen LogP contribution is -2.45. The van der Waals surface area contributed by atoms with Crippen LogP contribution >= 0.6 is 23.1 Å². The van der Waals surface area contributed by atoms with E-state index in [0.29, 0.717) is 10.9 Å². The zero-order chi connectivity index (χ0) is 16.1. The van der Waals surface area contributed by atoms with Crippen molar-refractivity contribution in [3.8, 4) is 5.75 Å². The van der Waals surface area contributed by atoms with Crippen LogP contribution in [0.25, 0.3) is 0 Å². The molecule has 5 nitrogen and oxygen atoms in total. The number of benzene rings is 1. The van der Waals surface area contributed by atoms with Gasteiger partial charge in [-0.2, -0.15) is 0 Å². The van der Waals surface area contributed by atoms with Crippen molar-refractivity contribution in [2.24, 2.45) is 0 Å². The first-order valence-electron chi connectivity index (χ1n) is 7.88. The molecule has 0 amide bonds. The topological polar surface area (TPSA) is 41.5 Å². The largest absolute Gasteiger partial charge is 0.494 e. The van der Waals surface area contributed by atoms with Gasteiger partial charge in [0.15, 0.2) is 0 Å². The fourth-order valence-corrected chi connectivity index (χ4v) is 3.34. The average molecular weight is 353 g/mol. The monoisotopic (exact) mass is 352 g/mol. The predicted molar refractivity (Wildman–Crippen MR) is 93.1 cm³/mol. The molecular formula is C16H21ClN4OS. The Morgan fingerprint density at radius 1 is 1.09 bits per heavy atom. The first-order valence-corrected chi connectivity index (χ1v) is 9.03. The molecule has 1 fully saturated rings. The van der Waals surface area contributed by atoms with E-state index >= 15 is 0 Å². The van der Waals surface area contributed by atoms with Gasteiger partial charge in [-0.15, -0.1) is 5.10 Å². The normalized spacial score (nSPS) is 16.6. The van der Waals surface area contributed by atoms with Gasteiger partial charge in [-0.1, -0.05) is 28.2 Å². The molecule has 2 aromatic rings. The number of aromatic nitrogens is 2. The van der Waals surface area contributed by atoms with E-state index in [1.54, 1.807) is 0 Å². The van der Waals surface area contributed by atoms with Gasteiger partial charge in [-0.3, -0.25) is 9.80 Å².